The molecule has 1 aromatic carbocycles. The average molecular weight is 470 g/mol. The summed E-state index contributed by atoms with van der Waals surface area (Å²) >= 11 is 0. The first-order chi connectivity index (χ1) is 12.3. The zero-order valence-corrected chi connectivity index (χ0v) is 17.6. The van der Waals surface area contributed by atoms with Gasteiger partial charge in [-0.1, -0.05) is 31.2 Å². The van der Waals surface area contributed by atoms with Crippen LogP contribution in [0.25, 0.3) is 0 Å². The summed E-state index contributed by atoms with van der Waals surface area (Å²) < 4.78 is 11.1. The van der Waals surface area contributed by atoms with Gasteiger partial charge in [0.05, 0.1) is 13.2 Å². The SMILES string of the molecule is CCCOc1ccc(CNC(=NC)NCCOc2ccccc2)cn1.I. The minimum Gasteiger partial charge on any atom is -0.492 e. The monoisotopic (exact) mass is 470 g/mol. The number of nitrogens with zero attached hydrogens (tertiary/aromatic N) is 2. The second-order valence-electron chi connectivity index (χ2n) is 5.37. The van der Waals surface area contributed by atoms with Gasteiger partial charge in [0.25, 0.3) is 0 Å². The molecule has 2 aromatic rings. The highest BCUT2D eigenvalue weighted by atomic mass is 127. The highest BCUT2D eigenvalue weighted by Crippen LogP contribution is 2.08. The molecule has 7 heteroatoms. The third-order valence-electron chi connectivity index (χ3n) is 3.34. The van der Waals surface area contributed by atoms with E-state index in [1.165, 1.54) is 0 Å². The summed E-state index contributed by atoms with van der Waals surface area (Å²) in [5, 5.41) is 6.47. The molecular formula is C19H27IN4O2. The molecule has 0 bridgehead atoms. The Morgan fingerprint density at radius 1 is 1.04 bits per heavy atom. The van der Waals surface area contributed by atoms with Crippen LogP contribution < -0.4 is 20.1 Å². The molecule has 2 rings (SSSR count). The number of halogens is 1. The number of hydrogen-bond acceptors (Lipinski definition) is 4. The van der Waals surface area contributed by atoms with Crippen LogP contribution in [0.15, 0.2) is 53.7 Å². The van der Waals surface area contributed by atoms with Crippen LogP contribution in [0.1, 0.15) is 18.9 Å². The number of benzene rings is 1. The number of aromatic nitrogens is 1. The standard InChI is InChI=1S/C19H26N4O2.HI/c1-3-12-25-18-10-9-16(14-22-18)15-23-19(20-2)21-11-13-24-17-7-5-4-6-8-17;/h4-10,14H,3,11-13,15H2,1-2H3,(H2,20,21,23);1H. The van der Waals surface area contributed by atoms with Crippen LogP contribution in [-0.2, 0) is 6.54 Å². The molecular weight excluding hydrogens is 443 g/mol. The van der Waals surface area contributed by atoms with E-state index in [0.29, 0.717) is 32.2 Å². The molecule has 1 heterocycles. The first kappa shape index (κ1) is 22.0. The van der Waals surface area contributed by atoms with Gasteiger partial charge < -0.3 is 20.1 Å². The summed E-state index contributed by atoms with van der Waals surface area (Å²) in [5.41, 5.74) is 1.06. The molecule has 0 saturated carbocycles. The van der Waals surface area contributed by atoms with E-state index >= 15 is 0 Å². The van der Waals surface area contributed by atoms with Crippen molar-refractivity contribution in [3.8, 4) is 11.6 Å². The van der Waals surface area contributed by atoms with Crippen LogP contribution in [0.5, 0.6) is 11.6 Å². The van der Waals surface area contributed by atoms with Gasteiger partial charge in [-0.25, -0.2) is 4.98 Å². The van der Waals surface area contributed by atoms with Gasteiger partial charge >= 0.3 is 0 Å². The fourth-order valence-electron chi connectivity index (χ4n) is 2.07. The van der Waals surface area contributed by atoms with Crippen molar-refractivity contribution < 1.29 is 9.47 Å². The molecule has 0 amide bonds. The quantitative estimate of drug-likeness (QED) is 0.255. The second-order valence-corrected chi connectivity index (χ2v) is 5.37. The van der Waals surface area contributed by atoms with Gasteiger partial charge in [0.15, 0.2) is 5.96 Å². The molecule has 0 fully saturated rings. The first-order valence-electron chi connectivity index (χ1n) is 8.52. The molecule has 0 unspecified atom stereocenters. The van der Waals surface area contributed by atoms with Crippen molar-refractivity contribution >= 4 is 29.9 Å². The maximum atomic E-state index is 5.64. The molecule has 0 aliphatic heterocycles. The van der Waals surface area contributed by atoms with Crippen molar-refractivity contribution in [3.63, 3.8) is 0 Å². The molecule has 6 nitrogen and oxygen atoms in total. The van der Waals surface area contributed by atoms with Crippen LogP contribution in [0.3, 0.4) is 0 Å². The highest BCUT2D eigenvalue weighted by molar-refractivity contribution is 14.0. The normalized spacial score (nSPS) is 10.6. The zero-order valence-electron chi connectivity index (χ0n) is 15.3. The number of pyridine rings is 1. The molecule has 26 heavy (non-hydrogen) atoms. The lowest BCUT2D eigenvalue weighted by Gasteiger charge is -2.12. The summed E-state index contributed by atoms with van der Waals surface area (Å²) in [4.78, 5) is 8.49. The smallest absolute Gasteiger partial charge is 0.213 e. The number of guanidine groups is 1. The number of rotatable bonds is 9. The van der Waals surface area contributed by atoms with Crippen LogP contribution in [0.2, 0.25) is 0 Å². The lowest BCUT2D eigenvalue weighted by atomic mass is 10.3. The number of para-hydroxylation sites is 1. The van der Waals surface area contributed by atoms with Crippen molar-refractivity contribution in [2.75, 3.05) is 26.8 Å². The second kappa shape index (κ2) is 13.2. The molecule has 0 radical (unpaired) electrons. The van der Waals surface area contributed by atoms with Gasteiger partial charge in [-0.15, -0.1) is 24.0 Å². The summed E-state index contributed by atoms with van der Waals surface area (Å²) in [6.07, 6.45) is 2.78. The molecule has 0 spiro atoms. The van der Waals surface area contributed by atoms with Gasteiger partial charge in [-0.05, 0) is 24.1 Å². The Morgan fingerprint density at radius 2 is 1.85 bits per heavy atom. The largest absolute Gasteiger partial charge is 0.492 e. The minimum atomic E-state index is 0. The lowest BCUT2D eigenvalue weighted by Crippen LogP contribution is -2.38. The summed E-state index contributed by atoms with van der Waals surface area (Å²) in [5.74, 6) is 2.25. The Labute approximate surface area is 172 Å². The predicted octanol–water partition coefficient (Wildman–Crippen LogP) is 3.23. The molecule has 2 N–H and O–H groups in total. The summed E-state index contributed by atoms with van der Waals surface area (Å²) in [6, 6.07) is 13.6. The number of nitrogens with one attached hydrogen (secondary N) is 2. The molecule has 0 saturated heterocycles. The van der Waals surface area contributed by atoms with E-state index in [0.717, 1.165) is 23.7 Å². The Morgan fingerprint density at radius 3 is 2.50 bits per heavy atom. The molecule has 142 valence electrons. The van der Waals surface area contributed by atoms with Crippen molar-refractivity contribution in [2.45, 2.75) is 19.9 Å². The molecule has 0 aliphatic carbocycles. The maximum absolute atomic E-state index is 5.64. The third-order valence-corrected chi connectivity index (χ3v) is 3.34. The summed E-state index contributed by atoms with van der Waals surface area (Å²) in [6.45, 7) is 4.63. The zero-order chi connectivity index (χ0) is 17.7. The minimum absolute atomic E-state index is 0. The van der Waals surface area contributed by atoms with E-state index in [4.69, 9.17) is 9.47 Å². The van der Waals surface area contributed by atoms with Crippen LogP contribution in [0.4, 0.5) is 0 Å². The molecule has 1 aromatic heterocycles. The Balaban J connectivity index is 0.00000338. The molecule has 0 aliphatic rings. The average Bonchev–Trinajstić information content (AvgIpc) is 2.67. The summed E-state index contributed by atoms with van der Waals surface area (Å²) in [7, 11) is 1.74. The van der Waals surface area contributed by atoms with E-state index < -0.39 is 0 Å². The number of aliphatic imine (C=N–C) groups is 1. The van der Waals surface area contributed by atoms with E-state index in [1.807, 2.05) is 48.7 Å². The van der Waals surface area contributed by atoms with E-state index in [1.54, 1.807) is 7.05 Å². The van der Waals surface area contributed by atoms with Crippen molar-refractivity contribution in [1.82, 2.24) is 15.6 Å². The predicted molar refractivity (Wildman–Crippen MR) is 116 cm³/mol. The van der Waals surface area contributed by atoms with Gasteiger partial charge in [0.2, 0.25) is 5.88 Å². The van der Waals surface area contributed by atoms with Crippen molar-refractivity contribution in [2.24, 2.45) is 4.99 Å². The lowest BCUT2D eigenvalue weighted by molar-refractivity contribution is 0.305. The van der Waals surface area contributed by atoms with Gasteiger partial charge in [0, 0.05) is 25.9 Å². The fourth-order valence-corrected chi connectivity index (χ4v) is 2.07. The molecule has 0 atom stereocenters. The van der Waals surface area contributed by atoms with Crippen molar-refractivity contribution in [1.29, 1.82) is 0 Å². The first-order valence-corrected chi connectivity index (χ1v) is 8.52. The van der Waals surface area contributed by atoms with Crippen LogP contribution >= 0.6 is 24.0 Å². The van der Waals surface area contributed by atoms with Gasteiger partial charge in [-0.3, -0.25) is 4.99 Å². The van der Waals surface area contributed by atoms with Crippen LogP contribution in [-0.4, -0.2) is 37.7 Å². The number of ether oxygens (including phenoxy) is 2. The number of hydrogen-bond donors (Lipinski definition) is 2. The Kier molecular flexibility index (Phi) is 11.2. The van der Waals surface area contributed by atoms with E-state index in [2.05, 4.69) is 27.5 Å². The van der Waals surface area contributed by atoms with Gasteiger partial charge in [0.1, 0.15) is 12.4 Å². The fraction of sp³-hybridized carbons (Fsp3) is 0.368. The third kappa shape index (κ3) is 8.37. The maximum Gasteiger partial charge on any atom is 0.213 e. The van der Waals surface area contributed by atoms with E-state index in [9.17, 15) is 0 Å². The highest BCUT2D eigenvalue weighted by Gasteiger charge is 2.00. The van der Waals surface area contributed by atoms with Gasteiger partial charge in [-0.2, -0.15) is 0 Å². The van der Waals surface area contributed by atoms with Crippen molar-refractivity contribution in [3.05, 3.63) is 54.2 Å². The van der Waals surface area contributed by atoms with E-state index in [-0.39, 0.29) is 24.0 Å². The topological polar surface area (TPSA) is 67.8 Å². The Hall–Kier alpha value is -2.03. The Bertz CT molecular complexity index is 636. The van der Waals surface area contributed by atoms with Crippen LogP contribution in [0, 0.1) is 0 Å².